The van der Waals surface area contributed by atoms with E-state index in [1.807, 2.05) is 0 Å². The molecular weight excluding hydrogens is 1010 g/mol. The first kappa shape index (κ1) is 58.8. The van der Waals surface area contributed by atoms with Crippen molar-refractivity contribution in [3.63, 3.8) is 0 Å². The van der Waals surface area contributed by atoms with Crippen LogP contribution in [0.5, 0.6) is 0 Å². The molecule has 0 aromatic rings. The average Bonchev–Trinajstić information content (AvgIpc) is 3.63. The second kappa shape index (κ2) is 23.8. The number of allylic oxidation sites excluding steroid dienone is 2. The van der Waals surface area contributed by atoms with E-state index in [0.717, 1.165) is 20.8 Å². The molecule has 0 aromatic carbocycles. The number of hydrogen-bond donors (Lipinski definition) is 17. The van der Waals surface area contributed by atoms with Crippen LogP contribution in [0, 0.1) is 0 Å². The summed E-state index contributed by atoms with van der Waals surface area (Å²) in [5.74, 6) is -5.46. The Morgan fingerprint density at radius 1 is 0.676 bits per heavy atom. The number of nitrogens with two attached hydrogens (primary N) is 2. The Bertz CT molecular complexity index is 2090. The summed E-state index contributed by atoms with van der Waals surface area (Å²) in [6, 6.07) is -3.65. The predicted octanol–water partition coefficient (Wildman–Crippen LogP) is -10.4. The van der Waals surface area contributed by atoms with Crippen molar-refractivity contribution in [3.8, 4) is 0 Å². The third-order valence-corrected chi connectivity index (χ3v) is 13.1. The third-order valence-electron chi connectivity index (χ3n) is 13.1. The minimum atomic E-state index is -2.62. The maximum absolute atomic E-state index is 13.2. The highest BCUT2D eigenvalue weighted by Crippen LogP contribution is 2.38. The van der Waals surface area contributed by atoms with Crippen molar-refractivity contribution < 1.29 is 137 Å². The number of aliphatic hydroxyl groups is 12. The Morgan fingerprint density at radius 3 is 1.77 bits per heavy atom. The number of carbonyl (C=O) groups is 6. The average molecular weight is 1070 g/mol. The van der Waals surface area contributed by atoms with E-state index in [1.165, 1.54) is 6.92 Å². The largest absolute Gasteiger partial charge is 0.510 e. The van der Waals surface area contributed by atoms with Crippen molar-refractivity contribution >= 4 is 35.5 Å². The first-order valence-corrected chi connectivity index (χ1v) is 23.0. The predicted molar refractivity (Wildman–Crippen MR) is 228 cm³/mol. The van der Waals surface area contributed by atoms with Gasteiger partial charge in [0.15, 0.2) is 61.6 Å². The molecule has 25 atom stereocenters. The fourth-order valence-electron chi connectivity index (χ4n) is 9.25. The van der Waals surface area contributed by atoms with Crippen LogP contribution in [0.25, 0.3) is 0 Å². The molecule has 14 unspecified atom stereocenters. The van der Waals surface area contributed by atoms with E-state index in [-0.39, 0.29) is 12.8 Å². The number of rotatable bonds is 16. The number of aliphatic hydroxyl groups excluding tert-OH is 11. The van der Waals surface area contributed by atoms with Crippen molar-refractivity contribution in [2.75, 3.05) is 13.2 Å². The molecule has 0 spiro atoms. The van der Waals surface area contributed by atoms with E-state index in [2.05, 4.69) is 16.0 Å². The molecule has 33 heteroatoms. The Hall–Kier alpha value is -4.44. The van der Waals surface area contributed by atoms with E-state index in [4.69, 9.17) is 58.8 Å². The zero-order chi connectivity index (χ0) is 55.0. The van der Waals surface area contributed by atoms with E-state index >= 15 is 0 Å². The maximum atomic E-state index is 13.2. The fraction of sp³-hybridized carbons (Fsp3) is 0.805. The standard InChI is InChI=1S/C41H63N5O28/c1-9-27(69-39-26(59)23(56)24(57)29(71-39)34(61)46-16-12(50)5-6-13(16)51)20(53)17(44-10(2)48)36(66-9)70-28-15(8-65-38-25(58)22(55)19(52)14(7-47)67-38)68-37(18(21(28)54)45-11(3)49)72-30-31(74-40(43)63)41(4,64)32(33(42)60)73-35(30)62/h9,14-15,17-32,35-39,47,50,52-59,62,64H,5-8H2,1-4H3,(H2,42,60)(H2,43,63)(H,44,48)(H,45,49)(H,46,61)/t9?,14?,15?,17?,18?,19?,20?,21-,22?,23+,24-,25?,26?,27?,28+,29?,30?,31-,32?,35-,36+,37+,38-,39-,41+/m1/s1. The minimum absolute atomic E-state index is 0.0926. The number of nitrogens with one attached hydrogen (secondary N) is 3. The summed E-state index contributed by atoms with van der Waals surface area (Å²) < 4.78 is 57.2. The van der Waals surface area contributed by atoms with E-state index in [9.17, 15) is 90.0 Å². The molecular formula is C41H63N5O28. The molecule has 5 heterocycles. The third kappa shape index (κ3) is 12.4. The number of ketones is 1. The van der Waals surface area contributed by atoms with Gasteiger partial charge < -0.3 is 136 Å². The highest BCUT2D eigenvalue weighted by atomic mass is 16.8. The van der Waals surface area contributed by atoms with Gasteiger partial charge in [0.25, 0.3) is 5.91 Å². The lowest BCUT2D eigenvalue weighted by molar-refractivity contribution is -0.376. The van der Waals surface area contributed by atoms with E-state index < -0.39 is 213 Å². The lowest BCUT2D eigenvalue weighted by Gasteiger charge is -2.51. The Labute approximate surface area is 418 Å². The summed E-state index contributed by atoms with van der Waals surface area (Å²) in [6.07, 6.45) is -45.4. The van der Waals surface area contributed by atoms with Crippen LogP contribution in [0.4, 0.5) is 4.79 Å². The van der Waals surface area contributed by atoms with Gasteiger partial charge in [-0.2, -0.15) is 0 Å². The fourth-order valence-corrected chi connectivity index (χ4v) is 9.25. The highest BCUT2D eigenvalue weighted by molar-refractivity contribution is 6.02. The zero-order valence-electron chi connectivity index (χ0n) is 39.7. The van der Waals surface area contributed by atoms with Crippen LogP contribution in [0.3, 0.4) is 0 Å². The van der Waals surface area contributed by atoms with Gasteiger partial charge in [-0.05, 0) is 13.8 Å². The number of amides is 5. The molecule has 5 saturated heterocycles. The number of Topliss-reactive ketones (excluding diaryl/α,β-unsaturated/α-hetero) is 1. The van der Waals surface area contributed by atoms with Crippen molar-refractivity contribution in [1.82, 2.24) is 16.0 Å². The van der Waals surface area contributed by atoms with Gasteiger partial charge in [0, 0.05) is 26.7 Å². The molecule has 0 saturated carbocycles. The molecule has 1 aliphatic carbocycles. The molecule has 0 aromatic heterocycles. The van der Waals surface area contributed by atoms with Gasteiger partial charge in [-0.1, -0.05) is 0 Å². The molecule has 33 nitrogen and oxygen atoms in total. The molecule has 5 amide bonds. The maximum Gasteiger partial charge on any atom is 0.404 e. The molecule has 0 radical (unpaired) electrons. The van der Waals surface area contributed by atoms with Crippen molar-refractivity contribution in [3.05, 3.63) is 11.5 Å². The summed E-state index contributed by atoms with van der Waals surface area (Å²) >= 11 is 0. The summed E-state index contributed by atoms with van der Waals surface area (Å²) in [6.45, 7) is 2.31. The van der Waals surface area contributed by atoms with Crippen LogP contribution < -0.4 is 27.4 Å². The van der Waals surface area contributed by atoms with Crippen LogP contribution in [0.15, 0.2) is 11.5 Å². The number of hydrogen-bond acceptors (Lipinski definition) is 28. The lowest BCUT2D eigenvalue weighted by atomic mass is 9.85. The first-order chi connectivity index (χ1) is 34.6. The monoisotopic (exact) mass is 1070 g/mol. The van der Waals surface area contributed by atoms with Gasteiger partial charge in [0.1, 0.15) is 102 Å². The van der Waals surface area contributed by atoms with Gasteiger partial charge in [-0.15, -0.1) is 0 Å². The Morgan fingerprint density at radius 2 is 1.22 bits per heavy atom. The highest BCUT2D eigenvalue weighted by Gasteiger charge is 2.61. The summed E-state index contributed by atoms with van der Waals surface area (Å²) in [4.78, 5) is 75.3. The van der Waals surface area contributed by atoms with Crippen LogP contribution in [0.2, 0.25) is 0 Å². The van der Waals surface area contributed by atoms with Gasteiger partial charge in [-0.25, -0.2) is 4.79 Å². The molecule has 6 aliphatic rings. The van der Waals surface area contributed by atoms with Gasteiger partial charge >= 0.3 is 6.09 Å². The van der Waals surface area contributed by atoms with Crippen LogP contribution >= 0.6 is 0 Å². The van der Waals surface area contributed by atoms with Crippen molar-refractivity contribution in [2.24, 2.45) is 11.5 Å². The van der Waals surface area contributed by atoms with Crippen LogP contribution in [0.1, 0.15) is 40.5 Å². The molecule has 74 heavy (non-hydrogen) atoms. The first-order valence-electron chi connectivity index (χ1n) is 23.0. The van der Waals surface area contributed by atoms with Crippen LogP contribution in [-0.2, 0) is 71.3 Å². The molecule has 5 fully saturated rings. The second-order valence-corrected chi connectivity index (χ2v) is 18.5. The minimum Gasteiger partial charge on any atom is -0.510 e. The number of carbonyl (C=O) groups excluding carboxylic acids is 6. The number of primary amides is 2. The zero-order valence-corrected chi connectivity index (χ0v) is 39.7. The topological polar surface area (TPSA) is 526 Å². The normalized spacial score (nSPS) is 44.8. The quantitative estimate of drug-likeness (QED) is 0.0682. The van der Waals surface area contributed by atoms with Gasteiger partial charge in [0.2, 0.25) is 17.7 Å². The van der Waals surface area contributed by atoms with E-state index in [0.29, 0.717) is 0 Å². The SMILES string of the molecule is CC(=O)NC1C(O)C(O[C@@H]2OC(C(=O)NC3=C(O)CCC3=O)[C@H](O)[C@H](O)C2O)C(C)O[C@H]1O[C@H]1C(CO[C@@H]2OC(CO)C(O)C(O)C2O)O[C@@H](OC2[C@H](O)OC(C(N)=O)[C@@](C)(O)[C@@H]2OC(N)=O)C(NC(C)=O)[C@H]1O. The van der Waals surface area contributed by atoms with Gasteiger partial charge in [-0.3, -0.25) is 24.0 Å². The van der Waals surface area contributed by atoms with Crippen LogP contribution in [-0.4, -0.2) is 263 Å². The van der Waals surface area contributed by atoms with E-state index in [1.54, 1.807) is 0 Å². The Kier molecular flexibility index (Phi) is 19.0. The summed E-state index contributed by atoms with van der Waals surface area (Å²) in [5.41, 5.74) is 7.51. The summed E-state index contributed by atoms with van der Waals surface area (Å²) in [7, 11) is 0. The van der Waals surface area contributed by atoms with Gasteiger partial charge in [0.05, 0.1) is 19.3 Å². The second-order valence-electron chi connectivity index (χ2n) is 18.5. The number of ether oxygens (including phenoxy) is 10. The molecule has 5 aliphatic heterocycles. The van der Waals surface area contributed by atoms with Crippen molar-refractivity contribution in [1.29, 1.82) is 0 Å². The summed E-state index contributed by atoms with van der Waals surface area (Å²) in [5, 5.41) is 137. The molecule has 6 rings (SSSR count). The molecule has 0 bridgehead atoms. The molecule has 19 N–H and O–H groups in total. The Balaban J connectivity index is 1.30. The lowest BCUT2D eigenvalue weighted by Crippen LogP contribution is -2.72. The molecule has 420 valence electrons. The van der Waals surface area contributed by atoms with Crippen molar-refractivity contribution in [2.45, 2.75) is 193 Å². The smallest absolute Gasteiger partial charge is 0.404 e.